The van der Waals surface area contributed by atoms with Gasteiger partial charge in [0.2, 0.25) is 12.6 Å². The van der Waals surface area contributed by atoms with Crippen molar-refractivity contribution < 1.29 is 33.6 Å². The number of ether oxygens (including phenoxy) is 4. The first-order chi connectivity index (χ1) is 13.5. The van der Waals surface area contributed by atoms with Crippen molar-refractivity contribution in [3.63, 3.8) is 0 Å². The zero-order valence-corrected chi connectivity index (χ0v) is 15.3. The second-order valence-electron chi connectivity index (χ2n) is 6.94. The average molecular weight is 383 g/mol. The van der Waals surface area contributed by atoms with Gasteiger partial charge in [0.1, 0.15) is 5.56 Å². The van der Waals surface area contributed by atoms with E-state index in [2.05, 4.69) is 0 Å². The highest BCUT2D eigenvalue weighted by molar-refractivity contribution is 6.16. The van der Waals surface area contributed by atoms with Crippen molar-refractivity contribution in [3.8, 4) is 23.0 Å². The van der Waals surface area contributed by atoms with Crippen molar-refractivity contribution in [2.24, 2.45) is 0 Å². The number of Topliss-reactive ketones (excluding diaryl/α,β-unsaturated/α-hetero) is 1. The van der Waals surface area contributed by atoms with E-state index in [1.165, 1.54) is 19.2 Å². The van der Waals surface area contributed by atoms with Gasteiger partial charge in [-0.2, -0.15) is 0 Å². The molecule has 3 heterocycles. The largest absolute Gasteiger partial charge is 0.504 e. The molecule has 2 aromatic carbocycles. The molecule has 0 saturated carbocycles. The number of esters is 1. The van der Waals surface area contributed by atoms with Gasteiger partial charge < -0.3 is 24.1 Å². The number of carbonyl (C=O) groups is 2. The van der Waals surface area contributed by atoms with Crippen molar-refractivity contribution in [1.29, 1.82) is 0 Å². The molecule has 0 amide bonds. The van der Waals surface area contributed by atoms with Crippen LogP contribution in [0.1, 0.15) is 31.8 Å². The third-order valence-electron chi connectivity index (χ3n) is 5.58. The number of carbonyl (C=O) groups excluding carboxylic acids is 2. The highest BCUT2D eigenvalue weighted by Gasteiger charge is 2.56. The molecule has 5 rings (SSSR count). The lowest BCUT2D eigenvalue weighted by Gasteiger charge is -2.46. The quantitative estimate of drug-likeness (QED) is 0.746. The summed E-state index contributed by atoms with van der Waals surface area (Å²) in [5, 5.41) is 10.4. The Morgan fingerprint density at radius 1 is 1.18 bits per heavy atom. The van der Waals surface area contributed by atoms with Gasteiger partial charge in [0, 0.05) is 17.7 Å². The van der Waals surface area contributed by atoms with Crippen molar-refractivity contribution in [2.75, 3.05) is 27.5 Å². The van der Waals surface area contributed by atoms with Crippen LogP contribution in [0.15, 0.2) is 24.3 Å². The van der Waals surface area contributed by atoms with Gasteiger partial charge in [-0.15, -0.1) is 0 Å². The summed E-state index contributed by atoms with van der Waals surface area (Å²) in [6.45, 7) is 0.606. The SMILES string of the molecule is COc1ccc2c(c1O)C(=O)OC1(C2=O)c2cc3c(cc2CCN1C)OCO3. The second-order valence-corrected chi connectivity index (χ2v) is 6.94. The van der Waals surface area contributed by atoms with Crippen molar-refractivity contribution in [1.82, 2.24) is 4.90 Å². The summed E-state index contributed by atoms with van der Waals surface area (Å²) in [4.78, 5) is 28.2. The molecule has 2 aromatic rings. The summed E-state index contributed by atoms with van der Waals surface area (Å²) in [7, 11) is 3.10. The van der Waals surface area contributed by atoms with Crippen LogP contribution in [-0.4, -0.2) is 49.3 Å². The Morgan fingerprint density at radius 3 is 2.68 bits per heavy atom. The minimum atomic E-state index is -1.63. The fraction of sp³-hybridized carbons (Fsp3) is 0.300. The summed E-state index contributed by atoms with van der Waals surface area (Å²) in [5.74, 6) is -0.417. The minimum Gasteiger partial charge on any atom is -0.504 e. The Balaban J connectivity index is 1.75. The molecule has 144 valence electrons. The molecule has 0 aliphatic carbocycles. The van der Waals surface area contributed by atoms with Crippen LogP contribution in [0.5, 0.6) is 23.0 Å². The fourth-order valence-corrected chi connectivity index (χ4v) is 4.13. The predicted octanol–water partition coefficient (Wildman–Crippen LogP) is 1.82. The first-order valence-electron chi connectivity index (χ1n) is 8.79. The van der Waals surface area contributed by atoms with Gasteiger partial charge >= 0.3 is 5.97 Å². The maximum atomic E-state index is 13.6. The third kappa shape index (κ3) is 1.98. The summed E-state index contributed by atoms with van der Waals surface area (Å²) in [5.41, 5.74) is -0.322. The van der Waals surface area contributed by atoms with Crippen LogP contribution in [0.2, 0.25) is 0 Å². The summed E-state index contributed by atoms with van der Waals surface area (Å²) in [6, 6.07) is 6.47. The third-order valence-corrected chi connectivity index (χ3v) is 5.58. The van der Waals surface area contributed by atoms with Gasteiger partial charge in [0.25, 0.3) is 5.72 Å². The van der Waals surface area contributed by atoms with Crippen molar-refractivity contribution in [3.05, 3.63) is 46.5 Å². The number of aromatic hydroxyl groups is 1. The maximum absolute atomic E-state index is 13.6. The van der Waals surface area contributed by atoms with Crippen LogP contribution in [0.3, 0.4) is 0 Å². The van der Waals surface area contributed by atoms with Gasteiger partial charge in [-0.25, -0.2) is 4.79 Å². The van der Waals surface area contributed by atoms with Gasteiger partial charge in [0.15, 0.2) is 23.0 Å². The molecule has 8 nitrogen and oxygen atoms in total. The van der Waals surface area contributed by atoms with E-state index in [-0.39, 0.29) is 23.7 Å². The molecule has 0 radical (unpaired) electrons. The molecule has 0 saturated heterocycles. The minimum absolute atomic E-state index is 0.0897. The van der Waals surface area contributed by atoms with E-state index < -0.39 is 23.2 Å². The molecule has 0 fully saturated rings. The standard InChI is InChI=1S/C20H17NO7/c1-21-6-5-10-7-14-15(27-9-26-14)8-12(10)20(21)18(23)11-3-4-13(25-2)17(22)16(11)19(24)28-20/h3-4,7-8,22H,5-6,9H2,1-2H3. The number of nitrogens with zero attached hydrogens (tertiary/aromatic N) is 1. The van der Waals surface area contributed by atoms with Crippen molar-refractivity contribution in [2.45, 2.75) is 12.1 Å². The van der Waals surface area contributed by atoms with Gasteiger partial charge in [-0.1, -0.05) is 0 Å². The van der Waals surface area contributed by atoms with Crippen LogP contribution < -0.4 is 14.2 Å². The van der Waals surface area contributed by atoms with Crippen molar-refractivity contribution >= 4 is 11.8 Å². The lowest BCUT2D eigenvalue weighted by atomic mass is 9.81. The number of fused-ring (bicyclic) bond motifs is 4. The van der Waals surface area contributed by atoms with Crippen LogP contribution in [0, 0.1) is 0 Å². The Hall–Kier alpha value is -3.26. The lowest BCUT2D eigenvalue weighted by Crippen LogP contribution is -2.58. The smallest absolute Gasteiger partial charge is 0.345 e. The molecule has 3 aliphatic heterocycles. The number of phenolic OH excluding ortho intramolecular Hbond substituents is 1. The van der Waals surface area contributed by atoms with Gasteiger partial charge in [0.05, 0.1) is 7.11 Å². The summed E-state index contributed by atoms with van der Waals surface area (Å²) >= 11 is 0. The Kier molecular flexibility index (Phi) is 3.39. The highest BCUT2D eigenvalue weighted by Crippen LogP contribution is 2.48. The highest BCUT2D eigenvalue weighted by atomic mass is 16.7. The molecule has 0 bridgehead atoms. The average Bonchev–Trinajstić information content (AvgIpc) is 3.14. The lowest BCUT2D eigenvalue weighted by molar-refractivity contribution is -0.0953. The molecular formula is C20H17NO7. The first-order valence-corrected chi connectivity index (χ1v) is 8.79. The summed E-state index contributed by atoms with van der Waals surface area (Å²) < 4.78 is 21.7. The summed E-state index contributed by atoms with van der Waals surface area (Å²) in [6.07, 6.45) is 0.662. The Labute approximate surface area is 160 Å². The number of rotatable bonds is 1. The topological polar surface area (TPSA) is 94.5 Å². The van der Waals surface area contributed by atoms with Crippen LogP contribution in [0.4, 0.5) is 0 Å². The number of ketones is 1. The van der Waals surface area contributed by atoms with Gasteiger partial charge in [-0.3, -0.25) is 9.69 Å². The van der Waals surface area contributed by atoms with E-state index in [4.69, 9.17) is 18.9 Å². The maximum Gasteiger partial charge on any atom is 0.345 e. The number of methoxy groups -OCH3 is 1. The van der Waals surface area contributed by atoms with Gasteiger partial charge in [-0.05, 0) is 43.3 Å². The number of hydrogen-bond donors (Lipinski definition) is 1. The Bertz CT molecular complexity index is 1050. The molecule has 1 unspecified atom stereocenters. The van der Waals surface area contributed by atoms with Crippen LogP contribution in [0.25, 0.3) is 0 Å². The zero-order valence-electron chi connectivity index (χ0n) is 15.3. The molecule has 8 heteroatoms. The van der Waals surface area contributed by atoms with E-state index in [1.807, 2.05) is 6.07 Å². The molecule has 1 atom stereocenters. The molecule has 0 aromatic heterocycles. The molecular weight excluding hydrogens is 366 g/mol. The van der Waals surface area contributed by atoms with E-state index >= 15 is 0 Å². The normalized spacial score (nSPS) is 22.6. The number of benzene rings is 2. The van der Waals surface area contributed by atoms with Crippen LogP contribution >= 0.6 is 0 Å². The number of hydrogen-bond acceptors (Lipinski definition) is 8. The fourth-order valence-electron chi connectivity index (χ4n) is 4.13. The molecule has 1 N–H and O–H groups in total. The number of phenols is 1. The van der Waals surface area contributed by atoms with Crippen LogP contribution in [-0.2, 0) is 16.9 Å². The molecule has 1 spiro atoms. The Morgan fingerprint density at radius 2 is 1.93 bits per heavy atom. The monoisotopic (exact) mass is 383 g/mol. The first kappa shape index (κ1) is 16.9. The molecule has 28 heavy (non-hydrogen) atoms. The van der Waals surface area contributed by atoms with E-state index in [0.29, 0.717) is 30.0 Å². The zero-order chi connectivity index (χ0) is 19.6. The van der Waals surface area contributed by atoms with E-state index in [1.54, 1.807) is 18.0 Å². The molecule has 3 aliphatic rings. The predicted molar refractivity (Wildman–Crippen MR) is 95.0 cm³/mol. The second kappa shape index (κ2) is 5.62. The number of likely N-dealkylation sites (N-methyl/N-ethyl adjacent to an activating group) is 1. The van der Waals surface area contributed by atoms with E-state index in [0.717, 1.165) is 5.56 Å². The van der Waals surface area contributed by atoms with E-state index in [9.17, 15) is 14.7 Å².